The molecule has 3 nitrogen and oxygen atoms in total. The number of aromatic nitrogens is 2. The van der Waals surface area contributed by atoms with E-state index in [2.05, 4.69) is 29.4 Å². The van der Waals surface area contributed by atoms with Crippen molar-refractivity contribution in [3.63, 3.8) is 0 Å². The van der Waals surface area contributed by atoms with Crippen molar-refractivity contribution in [2.45, 2.75) is 52.4 Å². The van der Waals surface area contributed by atoms with E-state index in [1.54, 1.807) is 11.3 Å². The number of likely N-dealkylation sites (N-methyl/N-ethyl adjacent to an activating group) is 1. The van der Waals surface area contributed by atoms with Crippen LogP contribution in [0.2, 0.25) is 0 Å². The molecule has 0 unspecified atom stereocenters. The molecule has 4 heteroatoms. The number of hydrogen-bond acceptors (Lipinski definition) is 4. The number of nitrogens with zero attached hydrogens (tertiary/aromatic N) is 2. The van der Waals surface area contributed by atoms with E-state index in [0.717, 1.165) is 25.9 Å². The average molecular weight is 241 g/mol. The Labute approximate surface area is 103 Å². The Balaban J connectivity index is 2.17. The van der Waals surface area contributed by atoms with Crippen molar-refractivity contribution >= 4 is 11.3 Å². The van der Waals surface area contributed by atoms with Crippen LogP contribution in [0.25, 0.3) is 0 Å². The number of nitrogens with one attached hydrogen (secondary N) is 1. The molecule has 0 aliphatic carbocycles. The zero-order chi connectivity index (χ0) is 11.6. The number of rotatable bonds is 9. The zero-order valence-electron chi connectivity index (χ0n) is 10.5. The van der Waals surface area contributed by atoms with Crippen LogP contribution in [0.1, 0.15) is 49.5 Å². The molecule has 0 bridgehead atoms. The summed E-state index contributed by atoms with van der Waals surface area (Å²) in [5, 5.41) is 14.1. The van der Waals surface area contributed by atoms with Gasteiger partial charge in [0.25, 0.3) is 0 Å². The van der Waals surface area contributed by atoms with Gasteiger partial charge in [-0.1, -0.05) is 33.1 Å². The van der Waals surface area contributed by atoms with Crippen LogP contribution < -0.4 is 5.32 Å². The molecular formula is C12H23N3S. The van der Waals surface area contributed by atoms with E-state index in [0.29, 0.717) is 0 Å². The van der Waals surface area contributed by atoms with E-state index in [4.69, 9.17) is 0 Å². The smallest absolute Gasteiger partial charge is 0.118 e. The highest BCUT2D eigenvalue weighted by Gasteiger charge is 2.03. The lowest BCUT2D eigenvalue weighted by atomic mass is 10.2. The van der Waals surface area contributed by atoms with E-state index in [9.17, 15) is 0 Å². The molecule has 16 heavy (non-hydrogen) atoms. The molecule has 0 saturated heterocycles. The highest BCUT2D eigenvalue weighted by molar-refractivity contribution is 7.11. The lowest BCUT2D eigenvalue weighted by Gasteiger charge is -1.96. The Morgan fingerprint density at radius 2 is 1.75 bits per heavy atom. The second-order valence-corrected chi connectivity index (χ2v) is 5.15. The van der Waals surface area contributed by atoms with Crippen molar-refractivity contribution in [3.8, 4) is 0 Å². The molecule has 0 aliphatic rings. The first-order valence-electron chi connectivity index (χ1n) is 6.38. The molecule has 0 amide bonds. The van der Waals surface area contributed by atoms with Crippen LogP contribution in [-0.4, -0.2) is 23.3 Å². The summed E-state index contributed by atoms with van der Waals surface area (Å²) in [7, 11) is 0. The fourth-order valence-corrected chi connectivity index (χ4v) is 2.45. The van der Waals surface area contributed by atoms with Crippen molar-refractivity contribution in [3.05, 3.63) is 10.0 Å². The summed E-state index contributed by atoms with van der Waals surface area (Å²) in [5.74, 6) is 0. The van der Waals surface area contributed by atoms with Crippen molar-refractivity contribution in [1.82, 2.24) is 15.5 Å². The summed E-state index contributed by atoms with van der Waals surface area (Å²) in [6, 6.07) is 0. The molecule has 0 fully saturated rings. The third kappa shape index (κ3) is 5.56. The van der Waals surface area contributed by atoms with Crippen molar-refractivity contribution < 1.29 is 0 Å². The first kappa shape index (κ1) is 13.6. The Bertz CT molecular complexity index is 273. The van der Waals surface area contributed by atoms with Gasteiger partial charge in [-0.25, -0.2) is 0 Å². The first-order valence-corrected chi connectivity index (χ1v) is 7.20. The molecule has 1 aromatic heterocycles. The van der Waals surface area contributed by atoms with Crippen LogP contribution in [0.4, 0.5) is 0 Å². The van der Waals surface area contributed by atoms with Crippen molar-refractivity contribution in [1.29, 1.82) is 0 Å². The van der Waals surface area contributed by atoms with Gasteiger partial charge in [0.15, 0.2) is 0 Å². The van der Waals surface area contributed by atoms with Crippen LogP contribution in [-0.2, 0) is 12.8 Å². The lowest BCUT2D eigenvalue weighted by Crippen LogP contribution is -2.15. The summed E-state index contributed by atoms with van der Waals surface area (Å²) in [6.07, 6.45) is 7.34. The van der Waals surface area contributed by atoms with Gasteiger partial charge in [-0.3, -0.25) is 0 Å². The van der Waals surface area contributed by atoms with Gasteiger partial charge in [-0.15, -0.1) is 21.5 Å². The van der Waals surface area contributed by atoms with Crippen molar-refractivity contribution in [2.75, 3.05) is 13.1 Å². The molecule has 1 rings (SSSR count). The summed E-state index contributed by atoms with van der Waals surface area (Å²) in [4.78, 5) is 0. The van der Waals surface area contributed by atoms with E-state index in [1.165, 1.54) is 35.7 Å². The molecule has 0 spiro atoms. The molecular weight excluding hydrogens is 218 g/mol. The molecule has 92 valence electrons. The minimum atomic E-state index is 1.01. The molecule has 0 radical (unpaired) electrons. The third-order valence-electron chi connectivity index (χ3n) is 2.52. The minimum absolute atomic E-state index is 1.01. The van der Waals surface area contributed by atoms with Gasteiger partial charge in [0, 0.05) is 19.4 Å². The highest BCUT2D eigenvalue weighted by atomic mass is 32.1. The summed E-state index contributed by atoms with van der Waals surface area (Å²) < 4.78 is 0. The third-order valence-corrected chi connectivity index (χ3v) is 3.56. The van der Waals surface area contributed by atoms with Gasteiger partial charge >= 0.3 is 0 Å². The van der Waals surface area contributed by atoms with E-state index >= 15 is 0 Å². The molecule has 0 aromatic carbocycles. The van der Waals surface area contributed by atoms with E-state index in [1.807, 2.05) is 0 Å². The maximum Gasteiger partial charge on any atom is 0.118 e. The summed E-state index contributed by atoms with van der Waals surface area (Å²) >= 11 is 1.78. The van der Waals surface area contributed by atoms with Gasteiger partial charge in [-0.2, -0.15) is 0 Å². The lowest BCUT2D eigenvalue weighted by molar-refractivity contribution is 0.662. The first-order chi connectivity index (χ1) is 7.86. The summed E-state index contributed by atoms with van der Waals surface area (Å²) in [6.45, 7) is 6.41. The molecule has 0 saturated carbocycles. The Morgan fingerprint density at radius 1 is 1.00 bits per heavy atom. The molecule has 1 heterocycles. The highest BCUT2D eigenvalue weighted by Crippen LogP contribution is 2.13. The van der Waals surface area contributed by atoms with E-state index in [-0.39, 0.29) is 0 Å². The monoisotopic (exact) mass is 241 g/mol. The number of unbranched alkanes of at least 4 members (excludes halogenated alkanes) is 3. The SMILES string of the molecule is CCCCCCc1nnc(CCNCC)s1. The maximum absolute atomic E-state index is 4.23. The second kappa shape index (κ2) is 8.65. The minimum Gasteiger partial charge on any atom is -0.317 e. The van der Waals surface area contributed by atoms with Crippen LogP contribution in [0.5, 0.6) is 0 Å². The number of hydrogen-bond donors (Lipinski definition) is 1. The molecule has 1 aromatic rings. The maximum atomic E-state index is 4.23. The van der Waals surface area contributed by atoms with Crippen molar-refractivity contribution in [2.24, 2.45) is 0 Å². The molecule has 0 atom stereocenters. The predicted molar refractivity (Wildman–Crippen MR) is 70.0 cm³/mol. The van der Waals surface area contributed by atoms with Gasteiger partial charge in [0.05, 0.1) is 0 Å². The largest absolute Gasteiger partial charge is 0.317 e. The predicted octanol–water partition coefficient (Wildman–Crippen LogP) is 2.81. The summed E-state index contributed by atoms with van der Waals surface area (Å²) in [5.41, 5.74) is 0. The molecule has 0 aliphatic heterocycles. The van der Waals surface area contributed by atoms with Gasteiger partial charge < -0.3 is 5.32 Å². The second-order valence-electron chi connectivity index (χ2n) is 4.00. The standard InChI is InChI=1S/C12H23N3S/c1-3-5-6-7-8-11-14-15-12(16-11)9-10-13-4-2/h13H,3-10H2,1-2H3. The fourth-order valence-electron chi connectivity index (χ4n) is 1.57. The van der Waals surface area contributed by atoms with Crippen LogP contribution >= 0.6 is 11.3 Å². The Morgan fingerprint density at radius 3 is 2.44 bits per heavy atom. The average Bonchev–Trinajstić information content (AvgIpc) is 2.73. The Hall–Kier alpha value is -0.480. The van der Waals surface area contributed by atoms with Crippen LogP contribution in [0, 0.1) is 0 Å². The van der Waals surface area contributed by atoms with Gasteiger partial charge in [0.2, 0.25) is 0 Å². The van der Waals surface area contributed by atoms with Gasteiger partial charge in [0.1, 0.15) is 10.0 Å². The quantitative estimate of drug-likeness (QED) is 0.676. The zero-order valence-corrected chi connectivity index (χ0v) is 11.3. The van der Waals surface area contributed by atoms with Gasteiger partial charge in [-0.05, 0) is 13.0 Å². The normalized spacial score (nSPS) is 10.9. The van der Waals surface area contributed by atoms with Crippen LogP contribution in [0.3, 0.4) is 0 Å². The van der Waals surface area contributed by atoms with E-state index < -0.39 is 0 Å². The fraction of sp³-hybridized carbons (Fsp3) is 0.833. The van der Waals surface area contributed by atoms with Crippen LogP contribution in [0.15, 0.2) is 0 Å². The molecule has 1 N–H and O–H groups in total. The number of aryl methyl sites for hydroxylation is 1. The Kier molecular flexibility index (Phi) is 7.34. The topological polar surface area (TPSA) is 37.8 Å².